The molecule has 0 aliphatic rings. The van der Waals surface area contributed by atoms with Gasteiger partial charge in [0.15, 0.2) is 0 Å². The summed E-state index contributed by atoms with van der Waals surface area (Å²) in [5.41, 5.74) is 6.19. The molecule has 5 heteroatoms. The van der Waals surface area contributed by atoms with Gasteiger partial charge in [0, 0.05) is 14.6 Å². The van der Waals surface area contributed by atoms with Crippen molar-refractivity contribution < 1.29 is 5.11 Å². The molecule has 1 rings (SSSR count). The Kier molecular flexibility index (Phi) is 4.57. The molecule has 0 saturated carbocycles. The van der Waals surface area contributed by atoms with Crippen LogP contribution in [-0.2, 0) is 0 Å². The van der Waals surface area contributed by atoms with Gasteiger partial charge in [-0.2, -0.15) is 0 Å². The zero-order valence-corrected chi connectivity index (χ0v) is 10.8. The molecule has 0 aliphatic carbocycles. The van der Waals surface area contributed by atoms with Crippen molar-refractivity contribution in [2.45, 2.75) is 17.1 Å². The van der Waals surface area contributed by atoms with Crippen molar-refractivity contribution in [1.29, 1.82) is 0 Å². The van der Waals surface area contributed by atoms with E-state index in [0.717, 1.165) is 9.37 Å². The smallest absolute Gasteiger partial charge is 0.0647 e. The normalized spacial score (nSPS) is 12.9. The van der Waals surface area contributed by atoms with Crippen molar-refractivity contribution in [3.05, 3.63) is 21.6 Å². The molecule has 0 saturated heterocycles. The van der Waals surface area contributed by atoms with E-state index in [1.807, 2.05) is 6.92 Å². The average Bonchev–Trinajstić information content (AvgIpc) is 2.14. The number of halogens is 2. The first-order chi connectivity index (χ1) is 6.54. The van der Waals surface area contributed by atoms with Crippen molar-refractivity contribution in [2.75, 3.05) is 12.3 Å². The second-order valence-corrected chi connectivity index (χ2v) is 5.66. The molecule has 1 aromatic carbocycles. The first-order valence-corrected chi connectivity index (χ1v) is 6.11. The lowest BCUT2D eigenvalue weighted by molar-refractivity contribution is 0.300. The van der Waals surface area contributed by atoms with Gasteiger partial charge in [-0.15, -0.1) is 11.8 Å². The standard InChI is InChI=1S/C9H11BrClNOS/c1-5(4-13)14-9-3-7(11)8(12)2-6(9)10/h2-3,5,13H,4,12H2,1H3. The summed E-state index contributed by atoms with van der Waals surface area (Å²) in [4.78, 5) is 0.991. The Labute approximate surface area is 101 Å². The number of thioether (sulfide) groups is 1. The molecule has 14 heavy (non-hydrogen) atoms. The van der Waals surface area contributed by atoms with Crippen LogP contribution in [-0.4, -0.2) is 17.0 Å². The molecular formula is C9H11BrClNOS. The molecule has 0 amide bonds. The summed E-state index contributed by atoms with van der Waals surface area (Å²) in [7, 11) is 0. The second-order valence-electron chi connectivity index (χ2n) is 2.92. The number of anilines is 1. The van der Waals surface area contributed by atoms with Crippen molar-refractivity contribution in [1.82, 2.24) is 0 Å². The van der Waals surface area contributed by atoms with Crippen LogP contribution < -0.4 is 5.73 Å². The van der Waals surface area contributed by atoms with Gasteiger partial charge in [0.05, 0.1) is 17.3 Å². The van der Waals surface area contributed by atoms with Gasteiger partial charge in [-0.05, 0) is 28.1 Å². The predicted octanol–water partition coefficient (Wildman–Crippen LogP) is 3.16. The molecule has 0 aliphatic heterocycles. The van der Waals surface area contributed by atoms with Crippen molar-refractivity contribution >= 4 is 45.0 Å². The third kappa shape index (κ3) is 3.05. The van der Waals surface area contributed by atoms with Crippen LogP contribution in [0.3, 0.4) is 0 Å². The van der Waals surface area contributed by atoms with Gasteiger partial charge in [0.25, 0.3) is 0 Å². The minimum atomic E-state index is 0.138. The summed E-state index contributed by atoms with van der Waals surface area (Å²) in [5.74, 6) is 0. The molecule has 0 aromatic heterocycles. The monoisotopic (exact) mass is 295 g/mol. The number of aliphatic hydroxyl groups excluding tert-OH is 1. The molecule has 0 radical (unpaired) electrons. The molecule has 3 N–H and O–H groups in total. The highest BCUT2D eigenvalue weighted by Gasteiger charge is 2.09. The largest absolute Gasteiger partial charge is 0.397 e. The first kappa shape index (κ1) is 12.2. The van der Waals surface area contributed by atoms with Crippen LogP contribution in [0.1, 0.15) is 6.92 Å². The fraction of sp³-hybridized carbons (Fsp3) is 0.333. The number of nitrogens with two attached hydrogens (primary N) is 1. The third-order valence-corrected chi connectivity index (χ3v) is 4.03. The second kappa shape index (κ2) is 5.26. The molecule has 0 heterocycles. The molecule has 0 fully saturated rings. The number of aliphatic hydroxyl groups is 1. The summed E-state index contributed by atoms with van der Waals surface area (Å²) in [6.45, 7) is 2.08. The molecule has 1 aromatic rings. The average molecular weight is 297 g/mol. The lowest BCUT2D eigenvalue weighted by Crippen LogP contribution is -2.01. The fourth-order valence-corrected chi connectivity index (χ4v) is 2.62. The van der Waals surface area contributed by atoms with E-state index in [1.54, 1.807) is 23.9 Å². The van der Waals surface area contributed by atoms with Crippen LogP contribution >= 0.6 is 39.3 Å². The van der Waals surface area contributed by atoms with Gasteiger partial charge in [0.2, 0.25) is 0 Å². The van der Waals surface area contributed by atoms with Crippen molar-refractivity contribution in [3.63, 3.8) is 0 Å². The minimum absolute atomic E-state index is 0.138. The van der Waals surface area contributed by atoms with E-state index >= 15 is 0 Å². The maximum Gasteiger partial charge on any atom is 0.0647 e. The molecule has 1 atom stereocenters. The zero-order valence-electron chi connectivity index (χ0n) is 7.63. The summed E-state index contributed by atoms with van der Waals surface area (Å²) in [5, 5.41) is 9.60. The number of benzene rings is 1. The van der Waals surface area contributed by atoms with E-state index in [0.29, 0.717) is 10.7 Å². The van der Waals surface area contributed by atoms with Gasteiger partial charge in [-0.1, -0.05) is 18.5 Å². The molecular weight excluding hydrogens is 286 g/mol. The number of hydrogen-bond acceptors (Lipinski definition) is 3. The molecule has 0 bridgehead atoms. The molecule has 78 valence electrons. The Morgan fingerprint density at radius 1 is 1.64 bits per heavy atom. The SMILES string of the molecule is CC(CO)Sc1cc(Cl)c(N)cc1Br. The van der Waals surface area contributed by atoms with E-state index < -0.39 is 0 Å². The maximum atomic E-state index is 8.92. The quantitative estimate of drug-likeness (QED) is 0.665. The van der Waals surface area contributed by atoms with E-state index in [2.05, 4.69) is 15.9 Å². The van der Waals surface area contributed by atoms with E-state index in [-0.39, 0.29) is 11.9 Å². The van der Waals surface area contributed by atoms with E-state index in [1.165, 1.54) is 0 Å². The van der Waals surface area contributed by atoms with Crippen LogP contribution in [0.5, 0.6) is 0 Å². The number of hydrogen-bond donors (Lipinski definition) is 2. The van der Waals surface area contributed by atoms with Crippen LogP contribution in [0.25, 0.3) is 0 Å². The fourth-order valence-electron chi connectivity index (χ4n) is 0.888. The van der Waals surface area contributed by atoms with Gasteiger partial charge in [0.1, 0.15) is 0 Å². The number of rotatable bonds is 3. The summed E-state index contributed by atoms with van der Waals surface area (Å²) in [6.07, 6.45) is 0. The zero-order chi connectivity index (χ0) is 10.7. The Hall–Kier alpha value is 0.1000. The highest BCUT2D eigenvalue weighted by molar-refractivity contribution is 9.10. The summed E-state index contributed by atoms with van der Waals surface area (Å²) in [6, 6.07) is 3.58. The van der Waals surface area contributed by atoms with E-state index in [4.69, 9.17) is 22.4 Å². The molecule has 0 spiro atoms. The van der Waals surface area contributed by atoms with Crippen LogP contribution in [0, 0.1) is 0 Å². The minimum Gasteiger partial charge on any atom is -0.397 e. The number of nitrogen functional groups attached to an aromatic ring is 1. The Balaban J connectivity index is 2.92. The molecule has 1 unspecified atom stereocenters. The summed E-state index contributed by atoms with van der Waals surface area (Å²) >= 11 is 10.8. The first-order valence-electron chi connectivity index (χ1n) is 4.06. The van der Waals surface area contributed by atoms with Crippen molar-refractivity contribution in [2.24, 2.45) is 0 Å². The predicted molar refractivity (Wildman–Crippen MR) is 66.0 cm³/mol. The van der Waals surface area contributed by atoms with E-state index in [9.17, 15) is 0 Å². The Morgan fingerprint density at radius 3 is 2.86 bits per heavy atom. The van der Waals surface area contributed by atoms with Gasteiger partial charge < -0.3 is 10.8 Å². The lowest BCUT2D eigenvalue weighted by Gasteiger charge is -2.10. The third-order valence-electron chi connectivity index (χ3n) is 1.64. The lowest BCUT2D eigenvalue weighted by atomic mass is 10.3. The highest BCUT2D eigenvalue weighted by atomic mass is 79.9. The molecule has 2 nitrogen and oxygen atoms in total. The highest BCUT2D eigenvalue weighted by Crippen LogP contribution is 2.35. The Morgan fingerprint density at radius 2 is 2.29 bits per heavy atom. The Bertz CT molecular complexity index is 335. The van der Waals surface area contributed by atoms with Gasteiger partial charge in [-0.25, -0.2) is 0 Å². The van der Waals surface area contributed by atoms with Crippen LogP contribution in [0.4, 0.5) is 5.69 Å². The van der Waals surface area contributed by atoms with Crippen LogP contribution in [0.15, 0.2) is 21.5 Å². The van der Waals surface area contributed by atoms with Gasteiger partial charge in [-0.3, -0.25) is 0 Å². The van der Waals surface area contributed by atoms with Gasteiger partial charge >= 0.3 is 0 Å². The van der Waals surface area contributed by atoms with Crippen LogP contribution in [0.2, 0.25) is 5.02 Å². The summed E-state index contributed by atoms with van der Waals surface area (Å²) < 4.78 is 0.907. The topological polar surface area (TPSA) is 46.2 Å². The maximum absolute atomic E-state index is 8.92. The van der Waals surface area contributed by atoms with Crippen molar-refractivity contribution in [3.8, 4) is 0 Å².